The molecule has 0 rings (SSSR count). The molecule has 84 valence electrons. The fourth-order valence-electron chi connectivity index (χ4n) is 1.05. The minimum Gasteiger partial charge on any atom is -0.380 e. The highest BCUT2D eigenvalue weighted by atomic mass is 32.1. The van der Waals surface area contributed by atoms with Gasteiger partial charge in [0.05, 0.1) is 6.10 Å². The molecule has 0 aromatic heterocycles. The number of ether oxygens (including phenoxy) is 1. The second-order valence-electron chi connectivity index (χ2n) is 3.70. The number of methoxy groups -OCH3 is 1. The Balaban J connectivity index is 3.85. The maximum Gasteiger partial charge on any atom is 0.0693 e. The molecule has 0 bridgehead atoms. The van der Waals surface area contributed by atoms with Crippen LogP contribution in [0.5, 0.6) is 0 Å². The van der Waals surface area contributed by atoms with Crippen molar-refractivity contribution in [3.05, 3.63) is 0 Å². The van der Waals surface area contributed by atoms with Gasteiger partial charge in [0.1, 0.15) is 0 Å². The predicted octanol–water partition coefficient (Wildman–Crippen LogP) is 1.59. The van der Waals surface area contributed by atoms with Gasteiger partial charge in [-0.25, -0.2) is 0 Å². The Morgan fingerprint density at radius 3 is 2.43 bits per heavy atom. The number of rotatable bonds is 7. The molecule has 0 amide bonds. The Morgan fingerprint density at radius 1 is 1.50 bits per heavy atom. The Bertz CT molecular complexity index is 176. The molecule has 0 heterocycles. The van der Waals surface area contributed by atoms with Crippen molar-refractivity contribution in [2.24, 2.45) is 5.92 Å². The normalized spacial score (nSPS) is 17.5. The lowest BCUT2D eigenvalue weighted by atomic mass is 10.1. The smallest absolute Gasteiger partial charge is 0.0693 e. The number of thiol groups is 1. The summed E-state index contributed by atoms with van der Waals surface area (Å²) in [6, 6.07) is 0.307. The molecule has 0 radical (unpaired) electrons. The maximum absolute atomic E-state index is 7.53. The molecule has 3 atom stereocenters. The minimum atomic E-state index is 0.196. The van der Waals surface area contributed by atoms with Crippen LogP contribution >= 0.6 is 12.6 Å². The molecular weight excluding hydrogens is 196 g/mol. The first kappa shape index (κ1) is 13.9. The zero-order chi connectivity index (χ0) is 11.1. The molecule has 0 aliphatic carbocycles. The zero-order valence-corrected chi connectivity index (χ0v) is 10.4. The highest BCUT2D eigenvalue weighted by Crippen LogP contribution is 2.02. The van der Waals surface area contributed by atoms with Gasteiger partial charge in [0.25, 0.3) is 0 Å². The first-order chi connectivity index (χ1) is 6.52. The third kappa shape index (κ3) is 4.98. The molecule has 0 aromatic carbocycles. The lowest BCUT2D eigenvalue weighted by Crippen LogP contribution is -2.41. The summed E-state index contributed by atoms with van der Waals surface area (Å²) in [6.07, 6.45) is 0.196. The van der Waals surface area contributed by atoms with Gasteiger partial charge in [0.2, 0.25) is 0 Å². The average molecular weight is 218 g/mol. The summed E-state index contributed by atoms with van der Waals surface area (Å²) in [4.78, 5) is 0. The van der Waals surface area contributed by atoms with Crippen molar-refractivity contribution >= 4 is 18.3 Å². The van der Waals surface area contributed by atoms with Gasteiger partial charge in [-0.1, -0.05) is 0 Å². The summed E-state index contributed by atoms with van der Waals surface area (Å²) in [6.45, 7) is 6.74. The molecule has 0 saturated carbocycles. The van der Waals surface area contributed by atoms with E-state index < -0.39 is 0 Å². The van der Waals surface area contributed by atoms with E-state index in [-0.39, 0.29) is 12.0 Å². The van der Waals surface area contributed by atoms with E-state index in [1.807, 2.05) is 13.8 Å². The van der Waals surface area contributed by atoms with Gasteiger partial charge in [0.15, 0.2) is 0 Å². The van der Waals surface area contributed by atoms with Crippen LogP contribution in [0.4, 0.5) is 0 Å². The molecule has 3 nitrogen and oxygen atoms in total. The van der Waals surface area contributed by atoms with Gasteiger partial charge in [-0.15, -0.1) is 0 Å². The molecule has 0 saturated heterocycles. The highest BCUT2D eigenvalue weighted by molar-refractivity contribution is 7.80. The van der Waals surface area contributed by atoms with Crippen molar-refractivity contribution in [1.82, 2.24) is 5.32 Å². The van der Waals surface area contributed by atoms with Crippen molar-refractivity contribution in [2.45, 2.75) is 32.9 Å². The van der Waals surface area contributed by atoms with Crippen molar-refractivity contribution in [3.8, 4) is 0 Å². The van der Waals surface area contributed by atoms with E-state index in [0.29, 0.717) is 11.8 Å². The number of hydrogen-bond donors (Lipinski definition) is 3. The summed E-state index contributed by atoms with van der Waals surface area (Å²) in [7, 11) is 1.71. The molecule has 0 aliphatic rings. The van der Waals surface area contributed by atoms with E-state index in [0.717, 1.165) is 12.3 Å². The standard InChI is InChI=1S/C10H22N2OS/c1-7(11)10(6-14)5-12-8(2)9(3)13-4/h8-12,14H,5-6H2,1-4H3. The fourth-order valence-corrected chi connectivity index (χ4v) is 1.46. The molecule has 3 unspecified atom stereocenters. The molecule has 0 aromatic rings. The summed E-state index contributed by atoms with van der Waals surface area (Å²) in [5.41, 5.74) is 0.685. The van der Waals surface area contributed by atoms with Gasteiger partial charge in [-0.3, -0.25) is 0 Å². The first-order valence-corrected chi connectivity index (χ1v) is 5.58. The van der Waals surface area contributed by atoms with Gasteiger partial charge in [-0.05, 0) is 26.5 Å². The van der Waals surface area contributed by atoms with Gasteiger partial charge < -0.3 is 15.5 Å². The monoisotopic (exact) mass is 218 g/mol. The van der Waals surface area contributed by atoms with Crippen molar-refractivity contribution in [3.63, 3.8) is 0 Å². The van der Waals surface area contributed by atoms with E-state index in [9.17, 15) is 0 Å². The molecule has 0 spiro atoms. The van der Waals surface area contributed by atoms with Crippen LogP contribution in [0, 0.1) is 11.3 Å². The van der Waals surface area contributed by atoms with Crippen LogP contribution in [0.25, 0.3) is 0 Å². The Morgan fingerprint density at radius 2 is 2.07 bits per heavy atom. The van der Waals surface area contributed by atoms with Crippen molar-refractivity contribution in [2.75, 3.05) is 19.4 Å². The summed E-state index contributed by atoms with van der Waals surface area (Å²) >= 11 is 4.22. The average Bonchev–Trinajstić information content (AvgIpc) is 2.16. The third-order valence-corrected chi connectivity index (χ3v) is 3.04. The van der Waals surface area contributed by atoms with Crippen molar-refractivity contribution in [1.29, 1.82) is 5.41 Å². The largest absolute Gasteiger partial charge is 0.380 e. The molecular formula is C10H22N2OS. The van der Waals surface area contributed by atoms with Crippen LogP contribution in [-0.2, 0) is 4.74 Å². The lowest BCUT2D eigenvalue weighted by molar-refractivity contribution is 0.0883. The maximum atomic E-state index is 7.53. The Labute approximate surface area is 92.5 Å². The van der Waals surface area contributed by atoms with Crippen LogP contribution in [-0.4, -0.2) is 37.3 Å². The van der Waals surface area contributed by atoms with Crippen LogP contribution in [0.2, 0.25) is 0 Å². The second kappa shape index (κ2) is 7.26. The van der Waals surface area contributed by atoms with Gasteiger partial charge in [0, 0.05) is 31.3 Å². The molecule has 4 heteroatoms. The SMILES string of the molecule is COC(C)C(C)NCC(CS)C(C)=N. The molecule has 2 N–H and O–H groups in total. The Hall–Kier alpha value is -0.0600. The third-order valence-electron chi connectivity index (χ3n) is 2.59. The van der Waals surface area contributed by atoms with E-state index in [4.69, 9.17) is 10.1 Å². The number of nitrogens with one attached hydrogen (secondary N) is 2. The topological polar surface area (TPSA) is 45.1 Å². The molecule has 0 fully saturated rings. The van der Waals surface area contributed by atoms with Gasteiger partial charge >= 0.3 is 0 Å². The van der Waals surface area contributed by atoms with E-state index >= 15 is 0 Å². The fraction of sp³-hybridized carbons (Fsp3) is 0.900. The lowest BCUT2D eigenvalue weighted by Gasteiger charge is -2.22. The highest BCUT2D eigenvalue weighted by Gasteiger charge is 2.14. The van der Waals surface area contributed by atoms with Crippen LogP contribution in [0.1, 0.15) is 20.8 Å². The van der Waals surface area contributed by atoms with E-state index in [1.54, 1.807) is 7.11 Å². The van der Waals surface area contributed by atoms with Crippen LogP contribution in [0.3, 0.4) is 0 Å². The minimum absolute atomic E-state index is 0.196. The Kier molecular flexibility index (Phi) is 7.23. The summed E-state index contributed by atoms with van der Waals surface area (Å²) in [5, 5.41) is 10.9. The second-order valence-corrected chi connectivity index (χ2v) is 4.07. The van der Waals surface area contributed by atoms with E-state index in [2.05, 4.69) is 24.9 Å². The van der Waals surface area contributed by atoms with Gasteiger partial charge in [-0.2, -0.15) is 12.6 Å². The quantitative estimate of drug-likeness (QED) is 0.449. The van der Waals surface area contributed by atoms with Crippen LogP contribution < -0.4 is 5.32 Å². The predicted molar refractivity (Wildman–Crippen MR) is 64.7 cm³/mol. The zero-order valence-electron chi connectivity index (χ0n) is 9.50. The summed E-state index contributed by atoms with van der Waals surface area (Å²) in [5.74, 6) is 0.945. The van der Waals surface area contributed by atoms with E-state index in [1.165, 1.54) is 0 Å². The molecule has 0 aliphatic heterocycles. The summed E-state index contributed by atoms with van der Waals surface area (Å²) < 4.78 is 5.20. The molecule has 14 heavy (non-hydrogen) atoms. The van der Waals surface area contributed by atoms with Crippen molar-refractivity contribution < 1.29 is 4.74 Å². The van der Waals surface area contributed by atoms with Crippen LogP contribution in [0.15, 0.2) is 0 Å². The number of hydrogen-bond acceptors (Lipinski definition) is 4. The first-order valence-electron chi connectivity index (χ1n) is 4.95.